The zero-order valence-electron chi connectivity index (χ0n) is 19.0. The molecule has 4 rings (SSSR count). The smallest absolute Gasteiger partial charge is 0.315 e. The first kappa shape index (κ1) is 22.0. The van der Waals surface area contributed by atoms with Gasteiger partial charge in [-0.25, -0.2) is 4.79 Å². The SMILES string of the molecule is CC1(C)CCC(c2ccc(NC3CCC(CNC(=O)[C@@H]4CNC(=O)N4)CC3)cc2)CC1. The van der Waals surface area contributed by atoms with E-state index in [1.807, 2.05) is 0 Å². The lowest BCUT2D eigenvalue weighted by atomic mass is 9.71. The molecule has 1 aromatic carbocycles. The van der Waals surface area contributed by atoms with E-state index >= 15 is 0 Å². The van der Waals surface area contributed by atoms with Gasteiger partial charge in [-0.05, 0) is 86.3 Å². The van der Waals surface area contributed by atoms with Gasteiger partial charge in [0.2, 0.25) is 5.91 Å². The van der Waals surface area contributed by atoms with Gasteiger partial charge < -0.3 is 21.3 Å². The van der Waals surface area contributed by atoms with E-state index in [-0.39, 0.29) is 11.9 Å². The number of urea groups is 1. The van der Waals surface area contributed by atoms with E-state index in [0.29, 0.717) is 30.5 Å². The minimum Gasteiger partial charge on any atom is -0.382 e. The van der Waals surface area contributed by atoms with Gasteiger partial charge in [0, 0.05) is 24.8 Å². The Labute approximate surface area is 186 Å². The largest absolute Gasteiger partial charge is 0.382 e. The van der Waals surface area contributed by atoms with Crippen molar-refractivity contribution >= 4 is 17.6 Å². The number of hydrogen-bond acceptors (Lipinski definition) is 3. The molecule has 6 nitrogen and oxygen atoms in total. The van der Waals surface area contributed by atoms with Crippen molar-refractivity contribution in [2.75, 3.05) is 18.4 Å². The van der Waals surface area contributed by atoms with Crippen LogP contribution in [0.2, 0.25) is 0 Å². The second kappa shape index (κ2) is 9.49. The van der Waals surface area contributed by atoms with E-state index in [0.717, 1.165) is 31.6 Å². The summed E-state index contributed by atoms with van der Waals surface area (Å²) in [5.41, 5.74) is 3.23. The van der Waals surface area contributed by atoms with Crippen LogP contribution >= 0.6 is 0 Å². The van der Waals surface area contributed by atoms with Crippen molar-refractivity contribution < 1.29 is 9.59 Å². The highest BCUT2D eigenvalue weighted by atomic mass is 16.2. The lowest BCUT2D eigenvalue weighted by Crippen LogP contribution is -2.45. The third kappa shape index (κ3) is 5.92. The molecule has 1 saturated heterocycles. The first-order chi connectivity index (χ1) is 14.9. The van der Waals surface area contributed by atoms with Crippen molar-refractivity contribution in [2.24, 2.45) is 11.3 Å². The van der Waals surface area contributed by atoms with Crippen molar-refractivity contribution in [1.82, 2.24) is 16.0 Å². The van der Waals surface area contributed by atoms with Crippen molar-refractivity contribution in [3.8, 4) is 0 Å². The van der Waals surface area contributed by atoms with Gasteiger partial charge in [-0.15, -0.1) is 0 Å². The van der Waals surface area contributed by atoms with Gasteiger partial charge in [-0.3, -0.25) is 4.79 Å². The van der Waals surface area contributed by atoms with Crippen LogP contribution in [0.5, 0.6) is 0 Å². The Morgan fingerprint density at radius 1 is 1.03 bits per heavy atom. The van der Waals surface area contributed by atoms with Crippen LogP contribution in [0.1, 0.15) is 76.7 Å². The predicted octanol–water partition coefficient (Wildman–Crippen LogP) is 4.14. The molecule has 2 aliphatic carbocycles. The van der Waals surface area contributed by atoms with Crippen LogP contribution in [0.15, 0.2) is 24.3 Å². The van der Waals surface area contributed by atoms with E-state index in [9.17, 15) is 9.59 Å². The Hall–Kier alpha value is -2.24. The van der Waals surface area contributed by atoms with Crippen LogP contribution in [0.25, 0.3) is 0 Å². The van der Waals surface area contributed by atoms with Crippen LogP contribution in [0.4, 0.5) is 10.5 Å². The summed E-state index contributed by atoms with van der Waals surface area (Å²) in [5.74, 6) is 1.16. The van der Waals surface area contributed by atoms with Crippen LogP contribution in [-0.4, -0.2) is 37.1 Å². The molecular formula is C25H38N4O2. The number of amides is 3. The van der Waals surface area contributed by atoms with Crippen molar-refractivity contribution in [3.05, 3.63) is 29.8 Å². The second-order valence-corrected chi connectivity index (χ2v) is 10.6. The first-order valence-corrected chi connectivity index (χ1v) is 12.1. The molecule has 0 spiro atoms. The number of carbonyl (C=O) groups excluding carboxylic acids is 2. The highest BCUT2D eigenvalue weighted by Crippen LogP contribution is 2.42. The quantitative estimate of drug-likeness (QED) is 0.552. The maximum atomic E-state index is 12.1. The van der Waals surface area contributed by atoms with Gasteiger partial charge in [0.15, 0.2) is 0 Å². The molecule has 4 N–H and O–H groups in total. The molecular weight excluding hydrogens is 388 g/mol. The molecule has 0 bridgehead atoms. The minimum atomic E-state index is -0.437. The normalized spacial score (nSPS) is 28.5. The van der Waals surface area contributed by atoms with Crippen LogP contribution < -0.4 is 21.3 Å². The molecule has 1 aromatic rings. The van der Waals surface area contributed by atoms with Crippen LogP contribution in [0.3, 0.4) is 0 Å². The number of rotatable bonds is 6. The first-order valence-electron chi connectivity index (χ1n) is 12.1. The lowest BCUT2D eigenvalue weighted by Gasteiger charge is -2.34. The van der Waals surface area contributed by atoms with E-state index in [1.165, 1.54) is 36.9 Å². The summed E-state index contributed by atoms with van der Waals surface area (Å²) in [4.78, 5) is 23.3. The Kier molecular flexibility index (Phi) is 6.73. The summed E-state index contributed by atoms with van der Waals surface area (Å²) in [6, 6.07) is 8.96. The molecule has 1 heterocycles. The van der Waals surface area contributed by atoms with Crippen molar-refractivity contribution in [3.63, 3.8) is 0 Å². The van der Waals surface area contributed by atoms with Gasteiger partial charge in [0.25, 0.3) is 0 Å². The summed E-state index contributed by atoms with van der Waals surface area (Å²) < 4.78 is 0. The molecule has 3 amide bonds. The fourth-order valence-electron chi connectivity index (χ4n) is 5.31. The number of hydrogen-bond donors (Lipinski definition) is 4. The Bertz CT molecular complexity index is 758. The number of nitrogens with one attached hydrogen (secondary N) is 4. The standard InChI is InChI=1S/C25H38N4O2/c1-25(2)13-11-19(12-14-25)18-5-9-21(10-6-18)28-20-7-3-17(4-8-20)15-26-23(30)22-16-27-24(31)29-22/h5-6,9-10,17,19-20,22,28H,3-4,7-8,11-16H2,1-2H3,(H,26,30)(H2,27,29,31)/t17?,20?,22-/m0/s1. The molecule has 0 aromatic heterocycles. The molecule has 1 atom stereocenters. The van der Waals surface area contributed by atoms with Gasteiger partial charge in [0.1, 0.15) is 6.04 Å². The van der Waals surface area contributed by atoms with Gasteiger partial charge in [-0.1, -0.05) is 26.0 Å². The predicted molar refractivity (Wildman–Crippen MR) is 124 cm³/mol. The average Bonchev–Trinajstić information content (AvgIpc) is 3.20. The molecule has 6 heteroatoms. The summed E-state index contributed by atoms with van der Waals surface area (Å²) >= 11 is 0. The Balaban J connectivity index is 1.17. The Morgan fingerprint density at radius 3 is 2.32 bits per heavy atom. The van der Waals surface area contributed by atoms with Gasteiger partial charge in [-0.2, -0.15) is 0 Å². The zero-order valence-corrected chi connectivity index (χ0v) is 19.0. The number of benzene rings is 1. The Morgan fingerprint density at radius 2 is 1.71 bits per heavy atom. The molecule has 170 valence electrons. The average molecular weight is 427 g/mol. The minimum absolute atomic E-state index is 0.0831. The summed E-state index contributed by atoms with van der Waals surface area (Å²) in [5, 5.41) is 12.0. The third-order valence-electron chi connectivity index (χ3n) is 7.59. The topological polar surface area (TPSA) is 82.3 Å². The van der Waals surface area contributed by atoms with E-state index in [2.05, 4.69) is 59.4 Å². The summed E-state index contributed by atoms with van der Waals surface area (Å²) in [6.45, 7) is 5.86. The fraction of sp³-hybridized carbons (Fsp3) is 0.680. The highest BCUT2D eigenvalue weighted by molar-refractivity contribution is 5.90. The molecule has 1 aliphatic heterocycles. The third-order valence-corrected chi connectivity index (χ3v) is 7.59. The summed E-state index contributed by atoms with van der Waals surface area (Å²) in [6.07, 6.45) is 9.75. The zero-order chi connectivity index (χ0) is 21.8. The monoisotopic (exact) mass is 426 g/mol. The number of anilines is 1. The molecule has 0 unspecified atom stereocenters. The van der Waals surface area contributed by atoms with Crippen molar-refractivity contribution in [2.45, 2.75) is 83.2 Å². The van der Waals surface area contributed by atoms with Gasteiger partial charge >= 0.3 is 6.03 Å². The molecule has 2 saturated carbocycles. The van der Waals surface area contributed by atoms with E-state index in [1.54, 1.807) is 0 Å². The number of carbonyl (C=O) groups is 2. The molecule has 31 heavy (non-hydrogen) atoms. The van der Waals surface area contributed by atoms with Crippen molar-refractivity contribution in [1.29, 1.82) is 0 Å². The molecule has 0 radical (unpaired) electrons. The molecule has 3 fully saturated rings. The van der Waals surface area contributed by atoms with Crippen LogP contribution in [0, 0.1) is 11.3 Å². The summed E-state index contributed by atoms with van der Waals surface area (Å²) in [7, 11) is 0. The van der Waals surface area contributed by atoms with Gasteiger partial charge in [0.05, 0.1) is 0 Å². The second-order valence-electron chi connectivity index (χ2n) is 10.6. The highest BCUT2D eigenvalue weighted by Gasteiger charge is 2.29. The van der Waals surface area contributed by atoms with E-state index in [4.69, 9.17) is 0 Å². The maximum Gasteiger partial charge on any atom is 0.315 e. The lowest BCUT2D eigenvalue weighted by molar-refractivity contribution is -0.122. The molecule has 3 aliphatic rings. The fourth-order valence-corrected chi connectivity index (χ4v) is 5.31. The van der Waals surface area contributed by atoms with E-state index < -0.39 is 6.04 Å². The maximum absolute atomic E-state index is 12.1. The van der Waals surface area contributed by atoms with Crippen LogP contribution in [-0.2, 0) is 4.79 Å².